The van der Waals surface area contributed by atoms with E-state index in [0.717, 1.165) is 5.56 Å². The molecule has 0 atom stereocenters. The fourth-order valence-corrected chi connectivity index (χ4v) is 1.76. The second kappa shape index (κ2) is 5.15. The molecule has 0 aliphatic carbocycles. The van der Waals surface area contributed by atoms with Crippen molar-refractivity contribution in [2.45, 2.75) is 12.8 Å². The maximum absolute atomic E-state index is 11.9. The van der Waals surface area contributed by atoms with Crippen LogP contribution in [-0.4, -0.2) is 9.97 Å². The van der Waals surface area contributed by atoms with Crippen molar-refractivity contribution in [2.24, 2.45) is 0 Å². The predicted molar refractivity (Wildman–Crippen MR) is 68.6 cm³/mol. The van der Waals surface area contributed by atoms with E-state index in [4.69, 9.17) is 11.0 Å². The van der Waals surface area contributed by atoms with Crippen molar-refractivity contribution < 1.29 is 0 Å². The maximum atomic E-state index is 11.9. The number of nitrogens with one attached hydrogen (secondary N) is 1. The molecule has 0 spiro atoms. The lowest BCUT2D eigenvalue weighted by atomic mass is 10.0. The number of anilines is 1. The summed E-state index contributed by atoms with van der Waals surface area (Å²) in [5.74, 6) is 0.0829. The molecule has 0 bridgehead atoms. The smallest absolute Gasteiger partial charge is 0.256 e. The van der Waals surface area contributed by atoms with Crippen LogP contribution in [-0.2, 0) is 6.42 Å². The second-order valence-corrected chi connectivity index (χ2v) is 3.80. The molecule has 0 saturated carbocycles. The number of hydrogen-bond donors (Lipinski definition) is 2. The summed E-state index contributed by atoms with van der Waals surface area (Å²) in [6, 6.07) is 11.4. The van der Waals surface area contributed by atoms with Crippen molar-refractivity contribution >= 4 is 5.95 Å². The third-order valence-corrected chi connectivity index (χ3v) is 2.57. The van der Waals surface area contributed by atoms with Gasteiger partial charge in [-0.1, -0.05) is 30.3 Å². The molecule has 1 aromatic heterocycles. The Morgan fingerprint density at radius 3 is 2.72 bits per heavy atom. The van der Waals surface area contributed by atoms with E-state index in [1.165, 1.54) is 0 Å². The number of benzene rings is 1. The summed E-state index contributed by atoms with van der Waals surface area (Å²) >= 11 is 0. The van der Waals surface area contributed by atoms with E-state index in [0.29, 0.717) is 17.7 Å². The van der Waals surface area contributed by atoms with Crippen molar-refractivity contribution in [1.82, 2.24) is 9.97 Å². The number of nitrogens with zero attached hydrogens (tertiary/aromatic N) is 2. The van der Waals surface area contributed by atoms with Crippen LogP contribution in [0.25, 0.3) is 11.3 Å². The molecule has 1 aromatic carbocycles. The van der Waals surface area contributed by atoms with Crippen LogP contribution in [0.15, 0.2) is 35.1 Å². The van der Waals surface area contributed by atoms with E-state index in [1.54, 1.807) is 0 Å². The van der Waals surface area contributed by atoms with E-state index >= 15 is 0 Å². The van der Waals surface area contributed by atoms with Gasteiger partial charge < -0.3 is 5.73 Å². The van der Waals surface area contributed by atoms with Crippen LogP contribution in [0.5, 0.6) is 0 Å². The number of aromatic amines is 1. The minimum atomic E-state index is -0.281. The van der Waals surface area contributed by atoms with Gasteiger partial charge in [0.2, 0.25) is 5.95 Å². The average Bonchev–Trinajstić information content (AvgIpc) is 2.38. The predicted octanol–water partition coefficient (Wildman–Crippen LogP) is 1.48. The number of nitrogen functional groups attached to an aromatic ring is 1. The minimum Gasteiger partial charge on any atom is -0.369 e. The van der Waals surface area contributed by atoms with E-state index in [9.17, 15) is 4.79 Å². The summed E-state index contributed by atoms with van der Waals surface area (Å²) in [5.41, 5.74) is 7.15. The first kappa shape index (κ1) is 11.9. The highest BCUT2D eigenvalue weighted by Crippen LogP contribution is 2.20. The summed E-state index contributed by atoms with van der Waals surface area (Å²) in [7, 11) is 0. The van der Waals surface area contributed by atoms with Crippen LogP contribution in [0.4, 0.5) is 5.95 Å². The topological polar surface area (TPSA) is 95.6 Å². The Morgan fingerprint density at radius 2 is 2.06 bits per heavy atom. The first-order chi connectivity index (χ1) is 8.72. The van der Waals surface area contributed by atoms with Crippen LogP contribution < -0.4 is 11.3 Å². The standard InChI is InChI=1S/C13H12N4O/c14-8-4-7-10-11(9-5-2-1-3-6-9)16-13(15)17-12(10)18/h1-3,5-6H,4,7H2,(H3,15,16,17,18). The van der Waals surface area contributed by atoms with Gasteiger partial charge >= 0.3 is 0 Å². The molecule has 90 valence electrons. The lowest BCUT2D eigenvalue weighted by molar-refractivity contribution is 0.955. The quantitative estimate of drug-likeness (QED) is 0.849. The van der Waals surface area contributed by atoms with Crippen LogP contribution in [0.1, 0.15) is 12.0 Å². The van der Waals surface area contributed by atoms with E-state index in [-0.39, 0.29) is 17.9 Å². The molecule has 3 N–H and O–H groups in total. The molecule has 5 nitrogen and oxygen atoms in total. The number of rotatable bonds is 3. The molecule has 0 radical (unpaired) electrons. The third kappa shape index (κ3) is 2.38. The molecule has 0 fully saturated rings. The van der Waals surface area contributed by atoms with Crippen molar-refractivity contribution in [2.75, 3.05) is 5.73 Å². The average molecular weight is 240 g/mol. The highest BCUT2D eigenvalue weighted by atomic mass is 16.1. The zero-order valence-corrected chi connectivity index (χ0v) is 9.68. The summed E-state index contributed by atoms with van der Waals surface area (Å²) in [4.78, 5) is 18.5. The van der Waals surface area contributed by atoms with Crippen LogP contribution in [0.2, 0.25) is 0 Å². The molecule has 0 unspecified atom stereocenters. The third-order valence-electron chi connectivity index (χ3n) is 2.57. The summed E-state index contributed by atoms with van der Waals surface area (Å²) in [5, 5.41) is 8.63. The number of nitriles is 1. The lowest BCUT2D eigenvalue weighted by Gasteiger charge is -2.07. The van der Waals surface area contributed by atoms with Crippen molar-refractivity contribution in [3.8, 4) is 17.3 Å². The largest absolute Gasteiger partial charge is 0.369 e. The van der Waals surface area contributed by atoms with E-state index in [1.807, 2.05) is 36.4 Å². The van der Waals surface area contributed by atoms with Gasteiger partial charge in [-0.15, -0.1) is 0 Å². The normalized spacial score (nSPS) is 9.94. The number of hydrogen-bond acceptors (Lipinski definition) is 4. The van der Waals surface area contributed by atoms with Gasteiger partial charge in [-0.2, -0.15) is 5.26 Å². The number of aromatic nitrogens is 2. The molecule has 0 saturated heterocycles. The van der Waals surface area contributed by atoms with Gasteiger partial charge in [-0.25, -0.2) is 4.98 Å². The second-order valence-electron chi connectivity index (χ2n) is 3.80. The van der Waals surface area contributed by atoms with Gasteiger partial charge in [0.15, 0.2) is 0 Å². The molecular formula is C13H12N4O. The molecule has 1 heterocycles. The molecule has 18 heavy (non-hydrogen) atoms. The molecule has 0 amide bonds. The Morgan fingerprint density at radius 1 is 1.33 bits per heavy atom. The fourth-order valence-electron chi connectivity index (χ4n) is 1.76. The Labute approximate surface area is 104 Å². The molecular weight excluding hydrogens is 228 g/mol. The molecule has 2 aromatic rings. The number of nitrogens with two attached hydrogens (primary N) is 1. The Kier molecular flexibility index (Phi) is 3.39. The highest BCUT2D eigenvalue weighted by molar-refractivity contribution is 5.63. The summed E-state index contributed by atoms with van der Waals surface area (Å²) in [6.07, 6.45) is 0.637. The van der Waals surface area contributed by atoms with Gasteiger partial charge in [0.25, 0.3) is 5.56 Å². The first-order valence-corrected chi connectivity index (χ1v) is 5.53. The summed E-state index contributed by atoms with van der Waals surface area (Å²) in [6.45, 7) is 0. The van der Waals surface area contributed by atoms with Gasteiger partial charge in [0.1, 0.15) is 0 Å². The SMILES string of the molecule is N#CCCc1c(-c2ccccc2)nc(N)[nH]c1=O. The zero-order valence-electron chi connectivity index (χ0n) is 9.68. The molecule has 2 rings (SSSR count). The molecule has 0 aliphatic heterocycles. The maximum Gasteiger partial charge on any atom is 0.256 e. The Balaban J connectivity index is 2.58. The van der Waals surface area contributed by atoms with Gasteiger partial charge in [0.05, 0.1) is 11.8 Å². The van der Waals surface area contributed by atoms with E-state index < -0.39 is 0 Å². The Bertz CT molecular complexity index is 640. The van der Waals surface area contributed by atoms with Gasteiger partial charge in [-0.3, -0.25) is 9.78 Å². The zero-order chi connectivity index (χ0) is 13.0. The lowest BCUT2D eigenvalue weighted by Crippen LogP contribution is -2.18. The Hall–Kier alpha value is -2.61. The highest BCUT2D eigenvalue weighted by Gasteiger charge is 2.11. The monoisotopic (exact) mass is 240 g/mol. The van der Waals surface area contributed by atoms with Crippen molar-refractivity contribution in [3.63, 3.8) is 0 Å². The molecule has 5 heteroatoms. The van der Waals surface area contributed by atoms with Crippen LogP contribution in [0, 0.1) is 11.3 Å². The van der Waals surface area contributed by atoms with Crippen LogP contribution in [0.3, 0.4) is 0 Å². The first-order valence-electron chi connectivity index (χ1n) is 5.53. The molecule has 0 aliphatic rings. The summed E-state index contributed by atoms with van der Waals surface area (Å²) < 4.78 is 0. The number of H-pyrrole nitrogens is 1. The van der Waals surface area contributed by atoms with Gasteiger partial charge in [0, 0.05) is 17.5 Å². The minimum absolute atomic E-state index is 0.0829. The fraction of sp³-hybridized carbons (Fsp3) is 0.154. The van der Waals surface area contributed by atoms with Crippen molar-refractivity contribution in [3.05, 3.63) is 46.2 Å². The van der Waals surface area contributed by atoms with E-state index in [2.05, 4.69) is 9.97 Å². The van der Waals surface area contributed by atoms with Gasteiger partial charge in [-0.05, 0) is 6.42 Å². The van der Waals surface area contributed by atoms with Crippen molar-refractivity contribution in [1.29, 1.82) is 5.26 Å². The van der Waals surface area contributed by atoms with Crippen LogP contribution >= 0.6 is 0 Å².